The molecule has 0 spiro atoms. The van der Waals surface area contributed by atoms with Gasteiger partial charge in [0.05, 0.1) is 19.2 Å². The molecule has 2 aromatic carbocycles. The maximum Gasteiger partial charge on any atom is 0.252 e. The molecule has 4 rings (SSSR count). The molecule has 0 aliphatic heterocycles. The van der Waals surface area contributed by atoms with Crippen molar-refractivity contribution in [2.75, 3.05) is 13.7 Å². The normalized spacial score (nSPS) is 12.5. The van der Waals surface area contributed by atoms with Crippen molar-refractivity contribution in [1.29, 1.82) is 0 Å². The number of H-pyrrole nitrogens is 1. The van der Waals surface area contributed by atoms with Gasteiger partial charge in [0.2, 0.25) is 0 Å². The number of aromatic amines is 1. The van der Waals surface area contributed by atoms with E-state index in [4.69, 9.17) is 4.74 Å². The van der Waals surface area contributed by atoms with Crippen molar-refractivity contribution >= 4 is 10.9 Å². The fourth-order valence-electron chi connectivity index (χ4n) is 4.45. The summed E-state index contributed by atoms with van der Waals surface area (Å²) in [7, 11) is 1.67. The number of ether oxygens (including phenoxy) is 1. The first-order valence-electron chi connectivity index (χ1n) is 12.2. The van der Waals surface area contributed by atoms with E-state index >= 15 is 0 Å². The lowest BCUT2D eigenvalue weighted by molar-refractivity contribution is 0.151. The van der Waals surface area contributed by atoms with E-state index in [-0.39, 0.29) is 11.6 Å². The highest BCUT2D eigenvalue weighted by Crippen LogP contribution is 2.27. The Morgan fingerprint density at radius 3 is 2.54 bits per heavy atom. The first-order chi connectivity index (χ1) is 17.0. The highest BCUT2D eigenvalue weighted by Gasteiger charge is 2.26. The minimum atomic E-state index is -0.0692. The molecular formula is C27H34N6O2. The molecule has 4 aromatic rings. The van der Waals surface area contributed by atoms with E-state index < -0.39 is 0 Å². The highest BCUT2D eigenvalue weighted by molar-refractivity contribution is 5.79. The van der Waals surface area contributed by atoms with Gasteiger partial charge in [0.15, 0.2) is 5.82 Å². The molecule has 0 amide bonds. The Labute approximate surface area is 205 Å². The van der Waals surface area contributed by atoms with Crippen molar-refractivity contribution in [2.45, 2.75) is 59.3 Å². The number of hydrogen-bond donors (Lipinski definition) is 1. The summed E-state index contributed by atoms with van der Waals surface area (Å²) in [5.74, 6) is 0.780. The van der Waals surface area contributed by atoms with Gasteiger partial charge in [-0.3, -0.25) is 9.69 Å². The number of tetrazole rings is 1. The van der Waals surface area contributed by atoms with Crippen LogP contribution < -0.4 is 5.56 Å². The largest absolute Gasteiger partial charge is 0.383 e. The first kappa shape index (κ1) is 24.8. The maximum absolute atomic E-state index is 13.1. The highest BCUT2D eigenvalue weighted by atomic mass is 16.5. The fourth-order valence-corrected chi connectivity index (χ4v) is 4.45. The molecule has 0 aliphatic carbocycles. The Morgan fingerprint density at radius 1 is 1.06 bits per heavy atom. The standard InChI is InChI=1S/C27H34N6O2/c1-5-20-11-12-24-22(15-20)16-23(27(34)28-24)18-32(17-21-9-7-19(3)8-10-21)25(6-2)26-29-30-31-33(26)13-14-35-4/h7-12,15-16,25H,5-6,13-14,17-18H2,1-4H3,(H,28,34)/t25-/m1/s1. The summed E-state index contributed by atoms with van der Waals surface area (Å²) in [5.41, 5.74) is 5.16. The van der Waals surface area contributed by atoms with E-state index in [9.17, 15) is 4.79 Å². The Kier molecular flexibility index (Phi) is 8.05. The van der Waals surface area contributed by atoms with Crippen molar-refractivity contribution in [3.05, 3.63) is 87.0 Å². The van der Waals surface area contributed by atoms with E-state index in [1.165, 1.54) is 16.7 Å². The molecule has 35 heavy (non-hydrogen) atoms. The summed E-state index contributed by atoms with van der Waals surface area (Å²) in [4.78, 5) is 18.4. The summed E-state index contributed by atoms with van der Waals surface area (Å²) in [6.45, 7) is 8.59. The zero-order valence-corrected chi connectivity index (χ0v) is 21.0. The lowest BCUT2D eigenvalue weighted by Crippen LogP contribution is -2.32. The van der Waals surface area contributed by atoms with Gasteiger partial charge in [-0.05, 0) is 64.9 Å². The molecule has 0 saturated carbocycles. The molecule has 0 aliphatic rings. The molecule has 0 radical (unpaired) electrons. The van der Waals surface area contributed by atoms with Crippen molar-refractivity contribution in [2.24, 2.45) is 0 Å². The van der Waals surface area contributed by atoms with Crippen LogP contribution in [0.5, 0.6) is 0 Å². The number of aromatic nitrogens is 5. The summed E-state index contributed by atoms with van der Waals surface area (Å²) in [6.07, 6.45) is 1.75. The topological polar surface area (TPSA) is 88.9 Å². The number of nitrogens with one attached hydrogen (secondary N) is 1. The third-order valence-corrected chi connectivity index (χ3v) is 6.47. The SMILES string of the molecule is CCc1ccc2[nH]c(=O)c(CN(Cc3ccc(C)cc3)[C@H](CC)c3nnnn3CCOC)cc2c1. The van der Waals surface area contributed by atoms with E-state index in [0.717, 1.165) is 35.1 Å². The van der Waals surface area contributed by atoms with Gasteiger partial charge in [0.1, 0.15) is 0 Å². The van der Waals surface area contributed by atoms with Crippen LogP contribution in [0.1, 0.15) is 54.4 Å². The van der Waals surface area contributed by atoms with Gasteiger partial charge in [-0.25, -0.2) is 4.68 Å². The van der Waals surface area contributed by atoms with Gasteiger partial charge >= 0.3 is 0 Å². The van der Waals surface area contributed by atoms with Crippen molar-refractivity contribution in [3.8, 4) is 0 Å². The Hall–Kier alpha value is -3.36. The third kappa shape index (κ3) is 5.83. The molecule has 184 valence electrons. The van der Waals surface area contributed by atoms with Gasteiger partial charge < -0.3 is 9.72 Å². The zero-order chi connectivity index (χ0) is 24.8. The number of aryl methyl sites for hydroxylation is 2. The van der Waals surface area contributed by atoms with Crippen LogP contribution in [0, 0.1) is 6.92 Å². The average molecular weight is 475 g/mol. The monoisotopic (exact) mass is 474 g/mol. The second-order valence-corrected chi connectivity index (χ2v) is 8.97. The van der Waals surface area contributed by atoms with Gasteiger partial charge in [-0.1, -0.05) is 49.7 Å². The summed E-state index contributed by atoms with van der Waals surface area (Å²) >= 11 is 0. The van der Waals surface area contributed by atoms with E-state index in [2.05, 4.69) is 82.6 Å². The molecule has 0 unspecified atom stereocenters. The van der Waals surface area contributed by atoms with Gasteiger partial charge in [0, 0.05) is 31.3 Å². The third-order valence-electron chi connectivity index (χ3n) is 6.47. The van der Waals surface area contributed by atoms with Crippen LogP contribution >= 0.6 is 0 Å². The Morgan fingerprint density at radius 2 is 1.83 bits per heavy atom. The quantitative estimate of drug-likeness (QED) is 0.351. The molecule has 2 heterocycles. The summed E-state index contributed by atoms with van der Waals surface area (Å²) < 4.78 is 7.05. The summed E-state index contributed by atoms with van der Waals surface area (Å²) in [5, 5.41) is 13.6. The predicted octanol–water partition coefficient (Wildman–Crippen LogP) is 4.19. The molecular weight excluding hydrogens is 440 g/mol. The number of methoxy groups -OCH3 is 1. The van der Waals surface area contributed by atoms with Crippen LogP contribution in [0.2, 0.25) is 0 Å². The van der Waals surface area contributed by atoms with E-state index in [1.54, 1.807) is 11.8 Å². The van der Waals surface area contributed by atoms with Crippen LogP contribution in [0.4, 0.5) is 0 Å². The van der Waals surface area contributed by atoms with E-state index in [1.807, 2.05) is 12.1 Å². The number of hydrogen-bond acceptors (Lipinski definition) is 6. The molecule has 1 atom stereocenters. The molecule has 1 N–H and O–H groups in total. The number of nitrogens with zero attached hydrogens (tertiary/aromatic N) is 5. The minimum Gasteiger partial charge on any atom is -0.383 e. The van der Waals surface area contributed by atoms with Crippen molar-refractivity contribution in [3.63, 3.8) is 0 Å². The summed E-state index contributed by atoms with van der Waals surface area (Å²) in [6, 6.07) is 16.7. The van der Waals surface area contributed by atoms with Crippen molar-refractivity contribution < 1.29 is 4.74 Å². The molecule has 0 fully saturated rings. The fraction of sp³-hybridized carbons (Fsp3) is 0.407. The molecule has 2 aromatic heterocycles. The Balaban J connectivity index is 1.73. The predicted molar refractivity (Wildman–Crippen MR) is 137 cm³/mol. The number of rotatable bonds is 11. The second-order valence-electron chi connectivity index (χ2n) is 8.97. The van der Waals surface area contributed by atoms with E-state index in [0.29, 0.717) is 26.2 Å². The van der Waals surface area contributed by atoms with Crippen LogP contribution in [0.3, 0.4) is 0 Å². The van der Waals surface area contributed by atoms with Crippen LogP contribution in [-0.4, -0.2) is 43.8 Å². The Bertz CT molecular complexity index is 1310. The van der Waals surface area contributed by atoms with Gasteiger partial charge in [-0.2, -0.15) is 0 Å². The lowest BCUT2D eigenvalue weighted by atomic mass is 10.1. The second kappa shape index (κ2) is 11.4. The number of benzene rings is 2. The van der Waals surface area contributed by atoms with Crippen molar-refractivity contribution in [1.82, 2.24) is 30.1 Å². The molecule has 8 heteroatoms. The molecule has 8 nitrogen and oxygen atoms in total. The number of fused-ring (bicyclic) bond motifs is 1. The van der Waals surface area contributed by atoms with Crippen LogP contribution in [0.15, 0.2) is 53.3 Å². The molecule has 0 bridgehead atoms. The smallest absolute Gasteiger partial charge is 0.252 e. The first-order valence-corrected chi connectivity index (χ1v) is 12.2. The van der Waals surface area contributed by atoms with Gasteiger partial charge in [0.25, 0.3) is 5.56 Å². The average Bonchev–Trinajstić information content (AvgIpc) is 3.32. The lowest BCUT2D eigenvalue weighted by Gasteiger charge is -2.30. The van der Waals surface area contributed by atoms with Gasteiger partial charge in [-0.15, -0.1) is 5.10 Å². The maximum atomic E-state index is 13.1. The zero-order valence-electron chi connectivity index (χ0n) is 21.0. The minimum absolute atomic E-state index is 0.0653. The van der Waals surface area contributed by atoms with Crippen LogP contribution in [0.25, 0.3) is 10.9 Å². The van der Waals surface area contributed by atoms with Crippen LogP contribution in [-0.2, 0) is 30.8 Å². The number of pyridine rings is 1. The molecule has 0 saturated heterocycles.